The van der Waals surface area contributed by atoms with Crippen LogP contribution in [-0.4, -0.2) is 16.5 Å². The number of aromatic nitrogens is 2. The van der Waals surface area contributed by atoms with E-state index in [9.17, 15) is 0 Å². The van der Waals surface area contributed by atoms with Crippen LogP contribution in [0.25, 0.3) is 0 Å². The molecule has 0 bridgehead atoms. The molecule has 0 aromatic carbocycles. The van der Waals surface area contributed by atoms with Crippen molar-refractivity contribution in [2.75, 3.05) is 17.6 Å². The highest BCUT2D eigenvalue weighted by atomic mass is 15.1. The summed E-state index contributed by atoms with van der Waals surface area (Å²) in [4.78, 5) is 8.82. The molecule has 3 N–H and O–H groups in total. The zero-order valence-electron chi connectivity index (χ0n) is 11.6. The molecule has 1 heterocycles. The Balaban J connectivity index is 1.70. The van der Waals surface area contributed by atoms with E-state index in [0.717, 1.165) is 31.1 Å². The van der Waals surface area contributed by atoms with Gasteiger partial charge in [0.25, 0.3) is 0 Å². The lowest BCUT2D eigenvalue weighted by atomic mass is 9.89. The Morgan fingerprint density at radius 2 is 1.79 bits per heavy atom. The lowest BCUT2D eigenvalue weighted by Gasteiger charge is -2.24. The Bertz CT molecular complexity index is 438. The Labute approximate surface area is 115 Å². The van der Waals surface area contributed by atoms with Crippen molar-refractivity contribution in [3.05, 3.63) is 11.3 Å². The highest BCUT2D eigenvalue weighted by molar-refractivity contribution is 5.50. The summed E-state index contributed by atoms with van der Waals surface area (Å²) in [5.41, 5.74) is 8.32. The molecule has 1 aromatic rings. The molecule has 19 heavy (non-hydrogen) atoms. The number of aryl methyl sites for hydroxylation is 1. The van der Waals surface area contributed by atoms with Crippen LogP contribution in [0.2, 0.25) is 0 Å². The van der Waals surface area contributed by atoms with Gasteiger partial charge in [-0.05, 0) is 44.4 Å². The average Bonchev–Trinajstić information content (AvgIpc) is 2.45. The van der Waals surface area contributed by atoms with Gasteiger partial charge in [-0.25, -0.2) is 4.98 Å². The van der Waals surface area contributed by atoms with Gasteiger partial charge in [0.2, 0.25) is 5.95 Å². The molecule has 2 aliphatic carbocycles. The zero-order valence-corrected chi connectivity index (χ0v) is 11.6. The van der Waals surface area contributed by atoms with E-state index in [2.05, 4.69) is 15.3 Å². The Kier molecular flexibility index (Phi) is 3.85. The zero-order chi connectivity index (χ0) is 13.1. The standard InChI is InChI=1S/C15H24N4/c16-15-18-13-9-5-4-8-12(13)14(19-15)17-10-11-6-2-1-3-7-11/h11H,1-10H2,(H3,16,17,18,19). The molecule has 1 fully saturated rings. The van der Waals surface area contributed by atoms with Gasteiger partial charge in [-0.2, -0.15) is 4.98 Å². The van der Waals surface area contributed by atoms with Gasteiger partial charge in [0.05, 0.1) is 5.69 Å². The highest BCUT2D eigenvalue weighted by Crippen LogP contribution is 2.28. The van der Waals surface area contributed by atoms with Crippen molar-refractivity contribution < 1.29 is 0 Å². The minimum absolute atomic E-state index is 0.423. The number of hydrogen-bond donors (Lipinski definition) is 2. The number of nitrogens with one attached hydrogen (secondary N) is 1. The van der Waals surface area contributed by atoms with E-state index in [-0.39, 0.29) is 0 Å². The van der Waals surface area contributed by atoms with Crippen LogP contribution in [0.1, 0.15) is 56.2 Å². The van der Waals surface area contributed by atoms with Gasteiger partial charge in [-0.15, -0.1) is 0 Å². The number of nitrogens with zero attached hydrogens (tertiary/aromatic N) is 2. The van der Waals surface area contributed by atoms with Crippen LogP contribution in [0.4, 0.5) is 11.8 Å². The van der Waals surface area contributed by atoms with E-state index in [0.29, 0.717) is 5.95 Å². The number of nitrogens with two attached hydrogens (primary N) is 1. The van der Waals surface area contributed by atoms with Crippen molar-refractivity contribution in [1.29, 1.82) is 0 Å². The molecular weight excluding hydrogens is 236 g/mol. The maximum atomic E-state index is 5.83. The number of rotatable bonds is 3. The molecular formula is C15H24N4. The second kappa shape index (κ2) is 5.76. The van der Waals surface area contributed by atoms with Crippen molar-refractivity contribution in [1.82, 2.24) is 9.97 Å². The predicted octanol–water partition coefficient (Wildman–Crippen LogP) is 2.93. The number of nitrogen functional groups attached to an aromatic ring is 1. The fraction of sp³-hybridized carbons (Fsp3) is 0.733. The van der Waals surface area contributed by atoms with Crippen molar-refractivity contribution in [3.63, 3.8) is 0 Å². The lowest BCUT2D eigenvalue weighted by molar-refractivity contribution is 0.373. The summed E-state index contributed by atoms with van der Waals surface area (Å²) in [5, 5.41) is 3.55. The second-order valence-electron chi connectivity index (χ2n) is 5.95. The molecule has 4 heteroatoms. The molecule has 0 saturated heterocycles. The van der Waals surface area contributed by atoms with E-state index in [1.54, 1.807) is 0 Å². The Morgan fingerprint density at radius 1 is 1.00 bits per heavy atom. The van der Waals surface area contributed by atoms with Crippen LogP contribution in [0, 0.1) is 5.92 Å². The average molecular weight is 260 g/mol. The van der Waals surface area contributed by atoms with E-state index in [4.69, 9.17) is 5.73 Å². The summed E-state index contributed by atoms with van der Waals surface area (Å²) in [6.07, 6.45) is 11.5. The van der Waals surface area contributed by atoms with E-state index >= 15 is 0 Å². The molecule has 0 spiro atoms. The molecule has 0 radical (unpaired) electrons. The largest absolute Gasteiger partial charge is 0.369 e. The maximum Gasteiger partial charge on any atom is 0.222 e. The van der Waals surface area contributed by atoms with Gasteiger partial charge in [-0.3, -0.25) is 0 Å². The third-order valence-electron chi connectivity index (χ3n) is 4.48. The number of fused-ring (bicyclic) bond motifs is 1. The van der Waals surface area contributed by atoms with Gasteiger partial charge in [-0.1, -0.05) is 19.3 Å². The molecule has 1 saturated carbocycles. The molecule has 2 aliphatic rings. The first kappa shape index (κ1) is 12.7. The molecule has 0 atom stereocenters. The number of hydrogen-bond acceptors (Lipinski definition) is 4. The van der Waals surface area contributed by atoms with Crippen LogP contribution >= 0.6 is 0 Å². The SMILES string of the molecule is Nc1nc2c(c(NCC3CCCCC3)n1)CCCC2. The van der Waals surface area contributed by atoms with Gasteiger partial charge >= 0.3 is 0 Å². The van der Waals surface area contributed by atoms with Crippen LogP contribution in [-0.2, 0) is 12.8 Å². The Hall–Kier alpha value is -1.32. The monoisotopic (exact) mass is 260 g/mol. The fourth-order valence-electron chi connectivity index (χ4n) is 3.39. The summed E-state index contributed by atoms with van der Waals surface area (Å²) in [6, 6.07) is 0. The normalized spacial score (nSPS) is 20.0. The second-order valence-corrected chi connectivity index (χ2v) is 5.95. The fourth-order valence-corrected chi connectivity index (χ4v) is 3.39. The van der Waals surface area contributed by atoms with E-state index < -0.39 is 0 Å². The molecule has 0 aliphatic heterocycles. The molecule has 4 nitrogen and oxygen atoms in total. The highest BCUT2D eigenvalue weighted by Gasteiger charge is 2.18. The van der Waals surface area contributed by atoms with Gasteiger partial charge < -0.3 is 11.1 Å². The smallest absolute Gasteiger partial charge is 0.222 e. The first-order chi connectivity index (χ1) is 9.33. The number of anilines is 2. The summed E-state index contributed by atoms with van der Waals surface area (Å²) >= 11 is 0. The van der Waals surface area contributed by atoms with Crippen LogP contribution in [0.3, 0.4) is 0 Å². The Morgan fingerprint density at radius 3 is 2.63 bits per heavy atom. The van der Waals surface area contributed by atoms with Gasteiger partial charge in [0.15, 0.2) is 0 Å². The summed E-state index contributed by atoms with van der Waals surface area (Å²) < 4.78 is 0. The van der Waals surface area contributed by atoms with Gasteiger partial charge in [0.1, 0.15) is 5.82 Å². The molecule has 3 rings (SSSR count). The molecule has 1 aromatic heterocycles. The third kappa shape index (κ3) is 2.99. The van der Waals surface area contributed by atoms with E-state index in [1.807, 2.05) is 0 Å². The van der Waals surface area contributed by atoms with Crippen LogP contribution in [0.5, 0.6) is 0 Å². The maximum absolute atomic E-state index is 5.83. The van der Waals surface area contributed by atoms with Crippen LogP contribution < -0.4 is 11.1 Å². The summed E-state index contributed by atoms with van der Waals surface area (Å²) in [7, 11) is 0. The van der Waals surface area contributed by atoms with Crippen molar-refractivity contribution in [3.8, 4) is 0 Å². The van der Waals surface area contributed by atoms with Crippen LogP contribution in [0.15, 0.2) is 0 Å². The minimum atomic E-state index is 0.423. The quantitative estimate of drug-likeness (QED) is 0.877. The van der Waals surface area contributed by atoms with Gasteiger partial charge in [0, 0.05) is 12.1 Å². The van der Waals surface area contributed by atoms with Crippen molar-refractivity contribution in [2.45, 2.75) is 57.8 Å². The predicted molar refractivity (Wildman–Crippen MR) is 78.2 cm³/mol. The summed E-state index contributed by atoms with van der Waals surface area (Å²) in [6.45, 7) is 1.04. The lowest BCUT2D eigenvalue weighted by Crippen LogP contribution is -2.20. The topological polar surface area (TPSA) is 63.8 Å². The third-order valence-corrected chi connectivity index (χ3v) is 4.48. The van der Waals surface area contributed by atoms with Crippen molar-refractivity contribution in [2.24, 2.45) is 5.92 Å². The van der Waals surface area contributed by atoms with Crippen molar-refractivity contribution >= 4 is 11.8 Å². The van der Waals surface area contributed by atoms with E-state index in [1.165, 1.54) is 56.2 Å². The first-order valence-electron chi connectivity index (χ1n) is 7.72. The first-order valence-corrected chi connectivity index (χ1v) is 7.72. The molecule has 0 amide bonds. The molecule has 0 unspecified atom stereocenters. The summed E-state index contributed by atoms with van der Waals surface area (Å²) in [5.74, 6) is 2.24. The molecule has 104 valence electrons. The minimum Gasteiger partial charge on any atom is -0.369 e.